The molecule has 1 aromatic carbocycles. The Morgan fingerprint density at radius 2 is 1.92 bits per heavy atom. The number of methoxy groups -OCH3 is 1. The lowest BCUT2D eigenvalue weighted by Crippen LogP contribution is -2.26. The second kappa shape index (κ2) is 9.82. The molecule has 7 heteroatoms. The maximum absolute atomic E-state index is 12.3. The van der Waals surface area contributed by atoms with Crippen molar-refractivity contribution in [2.45, 2.75) is 26.7 Å². The van der Waals surface area contributed by atoms with Crippen molar-refractivity contribution in [2.75, 3.05) is 38.6 Å². The number of nitrogens with one attached hydrogen (secondary N) is 2. The number of ether oxygens (including phenoxy) is 1. The Morgan fingerprint density at radius 1 is 1.23 bits per heavy atom. The Labute approximate surface area is 154 Å². The van der Waals surface area contributed by atoms with Crippen molar-refractivity contribution in [1.29, 1.82) is 0 Å². The van der Waals surface area contributed by atoms with E-state index in [0.29, 0.717) is 18.9 Å². The van der Waals surface area contributed by atoms with Gasteiger partial charge in [-0.2, -0.15) is 4.98 Å². The predicted octanol–water partition coefficient (Wildman–Crippen LogP) is 2.22. The van der Waals surface area contributed by atoms with Crippen molar-refractivity contribution in [1.82, 2.24) is 14.9 Å². The van der Waals surface area contributed by atoms with Crippen LogP contribution in [0, 0.1) is 0 Å². The molecule has 0 atom stereocenters. The van der Waals surface area contributed by atoms with E-state index < -0.39 is 0 Å². The molecule has 0 aliphatic carbocycles. The van der Waals surface area contributed by atoms with Crippen molar-refractivity contribution in [3.8, 4) is 11.6 Å². The summed E-state index contributed by atoms with van der Waals surface area (Å²) in [4.78, 5) is 21.4. The first kappa shape index (κ1) is 19.8. The summed E-state index contributed by atoms with van der Waals surface area (Å²) in [6.07, 6.45) is 1.24. The van der Waals surface area contributed by atoms with Gasteiger partial charge in [0.25, 0.3) is 5.56 Å². The van der Waals surface area contributed by atoms with Gasteiger partial charge in [-0.25, -0.2) is 0 Å². The molecule has 0 aliphatic rings. The fourth-order valence-corrected chi connectivity index (χ4v) is 2.73. The number of aromatic hydroxyl groups is 1. The molecule has 7 nitrogen and oxygen atoms in total. The molecule has 0 radical (unpaired) electrons. The molecule has 3 N–H and O–H groups in total. The minimum absolute atomic E-state index is 0.240. The standard InChI is InChI=1S/C19H28N4O3/c1-4-23(5-2)12-6-11-20-19-21-17(24)16(18(25)22-19)13-14-7-9-15(26-3)10-8-14/h7-10H,4-6,11-13H2,1-3H3,(H3,20,21,22,24,25). The molecule has 0 saturated carbocycles. The van der Waals surface area contributed by atoms with Crippen LogP contribution in [0.15, 0.2) is 29.1 Å². The number of nitrogens with zero attached hydrogens (tertiary/aromatic N) is 2. The van der Waals surface area contributed by atoms with Gasteiger partial charge in [0.2, 0.25) is 11.8 Å². The van der Waals surface area contributed by atoms with E-state index >= 15 is 0 Å². The first-order valence-electron chi connectivity index (χ1n) is 8.98. The molecule has 0 bridgehead atoms. The van der Waals surface area contributed by atoms with Crippen LogP contribution in [0.1, 0.15) is 31.4 Å². The van der Waals surface area contributed by atoms with Gasteiger partial charge in [-0.15, -0.1) is 0 Å². The number of anilines is 1. The van der Waals surface area contributed by atoms with Crippen LogP contribution in [0.25, 0.3) is 0 Å². The van der Waals surface area contributed by atoms with E-state index in [4.69, 9.17) is 4.74 Å². The zero-order chi connectivity index (χ0) is 18.9. The van der Waals surface area contributed by atoms with Crippen LogP contribution in [0.4, 0.5) is 5.95 Å². The Hall–Kier alpha value is -2.54. The number of rotatable bonds is 10. The SMILES string of the molecule is CCN(CC)CCCNc1nc(O)c(Cc2ccc(OC)cc2)c(=O)[nH]1. The molecule has 1 aromatic heterocycles. The quantitative estimate of drug-likeness (QED) is 0.563. The van der Waals surface area contributed by atoms with Crippen molar-refractivity contribution in [3.05, 3.63) is 45.7 Å². The highest BCUT2D eigenvalue weighted by Crippen LogP contribution is 2.18. The molecule has 2 aromatic rings. The summed E-state index contributed by atoms with van der Waals surface area (Å²) < 4.78 is 5.12. The Kier molecular flexibility index (Phi) is 7.47. The van der Waals surface area contributed by atoms with E-state index in [1.165, 1.54) is 0 Å². The highest BCUT2D eigenvalue weighted by Gasteiger charge is 2.11. The van der Waals surface area contributed by atoms with Gasteiger partial charge >= 0.3 is 0 Å². The summed E-state index contributed by atoms with van der Waals surface area (Å²) in [6, 6.07) is 7.35. The van der Waals surface area contributed by atoms with E-state index in [9.17, 15) is 9.90 Å². The van der Waals surface area contributed by atoms with Crippen LogP contribution < -0.4 is 15.6 Å². The summed E-state index contributed by atoms with van der Waals surface area (Å²) in [5.41, 5.74) is 0.816. The minimum atomic E-state index is -0.334. The highest BCUT2D eigenvalue weighted by molar-refractivity contribution is 5.37. The lowest BCUT2D eigenvalue weighted by atomic mass is 10.1. The maximum Gasteiger partial charge on any atom is 0.259 e. The normalized spacial score (nSPS) is 10.9. The molecule has 0 fully saturated rings. The monoisotopic (exact) mass is 360 g/mol. The Bertz CT molecular complexity index is 739. The maximum atomic E-state index is 12.3. The molecule has 2 rings (SSSR count). The average molecular weight is 360 g/mol. The predicted molar refractivity (Wildman–Crippen MR) is 103 cm³/mol. The van der Waals surface area contributed by atoms with Crippen LogP contribution in [0.5, 0.6) is 11.6 Å². The fourth-order valence-electron chi connectivity index (χ4n) is 2.73. The molecule has 26 heavy (non-hydrogen) atoms. The number of hydrogen-bond donors (Lipinski definition) is 3. The third-order valence-corrected chi connectivity index (χ3v) is 4.37. The third kappa shape index (κ3) is 5.49. The Balaban J connectivity index is 1.97. The summed E-state index contributed by atoms with van der Waals surface area (Å²) in [6.45, 7) is 7.96. The van der Waals surface area contributed by atoms with Crippen LogP contribution in [-0.2, 0) is 6.42 Å². The van der Waals surface area contributed by atoms with Crippen molar-refractivity contribution in [3.63, 3.8) is 0 Å². The molecular weight excluding hydrogens is 332 g/mol. The van der Waals surface area contributed by atoms with Crippen molar-refractivity contribution >= 4 is 5.95 Å². The average Bonchev–Trinajstić information content (AvgIpc) is 2.65. The van der Waals surface area contributed by atoms with Gasteiger partial charge < -0.3 is 20.1 Å². The third-order valence-electron chi connectivity index (χ3n) is 4.37. The Morgan fingerprint density at radius 3 is 2.50 bits per heavy atom. The van der Waals surface area contributed by atoms with E-state index in [2.05, 4.69) is 34.0 Å². The first-order chi connectivity index (χ1) is 12.6. The van der Waals surface area contributed by atoms with E-state index in [0.717, 1.165) is 37.4 Å². The summed E-state index contributed by atoms with van der Waals surface area (Å²) in [7, 11) is 1.60. The summed E-state index contributed by atoms with van der Waals surface area (Å²) >= 11 is 0. The number of H-pyrrole nitrogens is 1. The first-order valence-corrected chi connectivity index (χ1v) is 8.98. The molecule has 1 heterocycles. The highest BCUT2D eigenvalue weighted by atomic mass is 16.5. The smallest absolute Gasteiger partial charge is 0.259 e. The van der Waals surface area contributed by atoms with Gasteiger partial charge in [0.15, 0.2) is 0 Å². The van der Waals surface area contributed by atoms with Crippen molar-refractivity contribution < 1.29 is 9.84 Å². The van der Waals surface area contributed by atoms with Crippen LogP contribution in [0.2, 0.25) is 0 Å². The molecule has 142 valence electrons. The molecule has 0 amide bonds. The summed E-state index contributed by atoms with van der Waals surface area (Å²) in [5.74, 6) is 0.801. The van der Waals surface area contributed by atoms with E-state index in [1.807, 2.05) is 24.3 Å². The summed E-state index contributed by atoms with van der Waals surface area (Å²) in [5, 5.41) is 13.2. The minimum Gasteiger partial charge on any atom is -0.497 e. The van der Waals surface area contributed by atoms with Gasteiger partial charge in [-0.1, -0.05) is 26.0 Å². The van der Waals surface area contributed by atoms with Crippen LogP contribution in [-0.4, -0.2) is 53.3 Å². The van der Waals surface area contributed by atoms with Gasteiger partial charge in [-0.3, -0.25) is 9.78 Å². The number of benzene rings is 1. The second-order valence-electron chi connectivity index (χ2n) is 6.05. The lowest BCUT2D eigenvalue weighted by Gasteiger charge is -2.17. The van der Waals surface area contributed by atoms with E-state index in [1.54, 1.807) is 7.11 Å². The molecular formula is C19H28N4O3. The van der Waals surface area contributed by atoms with Gasteiger partial charge in [0.05, 0.1) is 12.7 Å². The van der Waals surface area contributed by atoms with Gasteiger partial charge in [0.1, 0.15) is 5.75 Å². The van der Waals surface area contributed by atoms with Gasteiger partial charge in [-0.05, 0) is 43.8 Å². The van der Waals surface area contributed by atoms with E-state index in [-0.39, 0.29) is 17.0 Å². The van der Waals surface area contributed by atoms with Gasteiger partial charge in [0, 0.05) is 13.0 Å². The molecule has 0 aliphatic heterocycles. The van der Waals surface area contributed by atoms with Crippen molar-refractivity contribution in [2.24, 2.45) is 0 Å². The molecule has 0 unspecified atom stereocenters. The molecule has 0 saturated heterocycles. The van der Waals surface area contributed by atoms with Crippen LogP contribution in [0.3, 0.4) is 0 Å². The number of hydrogen-bond acceptors (Lipinski definition) is 6. The number of aromatic amines is 1. The molecule has 0 spiro atoms. The second-order valence-corrected chi connectivity index (χ2v) is 6.05. The zero-order valence-corrected chi connectivity index (χ0v) is 15.7. The topological polar surface area (TPSA) is 90.5 Å². The zero-order valence-electron chi connectivity index (χ0n) is 15.7. The number of aromatic nitrogens is 2. The largest absolute Gasteiger partial charge is 0.497 e. The van der Waals surface area contributed by atoms with Crippen LogP contribution >= 0.6 is 0 Å². The lowest BCUT2D eigenvalue weighted by molar-refractivity contribution is 0.303. The fraction of sp³-hybridized carbons (Fsp3) is 0.474.